The number of hydrogen-bond acceptors (Lipinski definition) is 5. The van der Waals surface area contributed by atoms with Gasteiger partial charge in [0.15, 0.2) is 0 Å². The van der Waals surface area contributed by atoms with Gasteiger partial charge >= 0.3 is 12.1 Å². The summed E-state index contributed by atoms with van der Waals surface area (Å²) in [6.07, 6.45) is 1.91. The molecule has 1 aliphatic rings. The minimum absolute atomic E-state index is 0.219. The standard InChI is InChI=1S/C26H31N5O3/c1-19-10-12-21(13-11-19)23-18-31(28-27-23)24(32)30-15-14-29(25(33)34-26(2,3)4)17-22(30)16-20-8-6-5-7-9-20/h5-13,18,22H,14-17H2,1-4H3/t22-/m0/s1. The molecule has 0 unspecified atom stereocenters. The van der Waals surface area contributed by atoms with E-state index in [4.69, 9.17) is 4.74 Å². The molecule has 2 amide bonds. The van der Waals surface area contributed by atoms with Crippen molar-refractivity contribution in [1.82, 2.24) is 24.8 Å². The van der Waals surface area contributed by atoms with Crippen LogP contribution in [-0.2, 0) is 11.2 Å². The van der Waals surface area contributed by atoms with Crippen molar-refractivity contribution in [2.45, 2.75) is 45.8 Å². The Hall–Kier alpha value is -3.68. The molecule has 1 atom stereocenters. The maximum absolute atomic E-state index is 13.5. The highest BCUT2D eigenvalue weighted by Gasteiger charge is 2.35. The molecule has 2 aromatic carbocycles. The van der Waals surface area contributed by atoms with E-state index in [9.17, 15) is 9.59 Å². The smallest absolute Gasteiger partial charge is 0.410 e. The van der Waals surface area contributed by atoms with Crippen LogP contribution in [0.2, 0.25) is 0 Å². The second-order valence-corrected chi connectivity index (χ2v) is 9.66. The summed E-state index contributed by atoms with van der Waals surface area (Å²) >= 11 is 0. The monoisotopic (exact) mass is 461 g/mol. The van der Waals surface area contributed by atoms with Crippen LogP contribution >= 0.6 is 0 Å². The molecule has 178 valence electrons. The molecule has 0 bridgehead atoms. The lowest BCUT2D eigenvalue weighted by molar-refractivity contribution is 0.00893. The molecule has 0 saturated carbocycles. The Balaban J connectivity index is 1.54. The molecule has 4 rings (SSSR count). The number of aryl methyl sites for hydroxylation is 1. The van der Waals surface area contributed by atoms with E-state index in [0.29, 0.717) is 31.7 Å². The van der Waals surface area contributed by atoms with E-state index in [0.717, 1.165) is 16.7 Å². The first-order chi connectivity index (χ1) is 16.2. The van der Waals surface area contributed by atoms with Crippen molar-refractivity contribution in [2.75, 3.05) is 19.6 Å². The molecular weight excluding hydrogens is 430 g/mol. The fourth-order valence-corrected chi connectivity index (χ4v) is 4.01. The zero-order valence-electron chi connectivity index (χ0n) is 20.1. The Morgan fingerprint density at radius 3 is 2.41 bits per heavy atom. The van der Waals surface area contributed by atoms with Gasteiger partial charge in [0.05, 0.1) is 12.2 Å². The predicted molar refractivity (Wildman–Crippen MR) is 129 cm³/mol. The molecule has 1 aliphatic heterocycles. The Morgan fingerprint density at radius 2 is 1.74 bits per heavy atom. The van der Waals surface area contributed by atoms with E-state index in [1.54, 1.807) is 16.0 Å². The number of carbonyl (C=O) groups excluding carboxylic acids is 2. The van der Waals surface area contributed by atoms with Crippen molar-refractivity contribution in [2.24, 2.45) is 0 Å². The summed E-state index contributed by atoms with van der Waals surface area (Å²) in [5.41, 5.74) is 3.21. The SMILES string of the molecule is Cc1ccc(-c2cn(C(=O)N3CCN(C(=O)OC(C)(C)C)C[C@@H]3Cc3ccccc3)nn2)cc1. The van der Waals surface area contributed by atoms with Gasteiger partial charge in [-0.1, -0.05) is 65.4 Å². The molecule has 3 aromatic rings. The highest BCUT2D eigenvalue weighted by molar-refractivity contribution is 5.78. The molecule has 1 aromatic heterocycles. The number of carbonyl (C=O) groups is 2. The van der Waals surface area contributed by atoms with E-state index in [1.807, 2.05) is 82.3 Å². The first-order valence-electron chi connectivity index (χ1n) is 11.5. The number of hydrogen-bond donors (Lipinski definition) is 0. The number of nitrogens with zero attached hydrogens (tertiary/aromatic N) is 5. The summed E-state index contributed by atoms with van der Waals surface area (Å²) in [5.74, 6) is 0. The number of rotatable bonds is 3. The Morgan fingerprint density at radius 1 is 1.03 bits per heavy atom. The lowest BCUT2D eigenvalue weighted by Crippen LogP contribution is -2.58. The van der Waals surface area contributed by atoms with Gasteiger partial charge in [0.1, 0.15) is 11.3 Å². The summed E-state index contributed by atoms with van der Waals surface area (Å²) in [6.45, 7) is 8.73. The Kier molecular flexibility index (Phi) is 6.68. The fraction of sp³-hybridized carbons (Fsp3) is 0.385. The van der Waals surface area contributed by atoms with Gasteiger partial charge in [-0.2, -0.15) is 4.68 Å². The van der Waals surface area contributed by atoms with Crippen molar-refractivity contribution >= 4 is 12.1 Å². The number of benzene rings is 2. The molecule has 2 heterocycles. The van der Waals surface area contributed by atoms with E-state index < -0.39 is 5.60 Å². The van der Waals surface area contributed by atoms with Crippen LogP contribution in [0.4, 0.5) is 9.59 Å². The molecule has 0 aliphatic carbocycles. The van der Waals surface area contributed by atoms with Crippen molar-refractivity contribution in [3.8, 4) is 11.3 Å². The molecule has 8 heteroatoms. The highest BCUT2D eigenvalue weighted by atomic mass is 16.6. The van der Waals surface area contributed by atoms with E-state index in [1.165, 1.54) is 4.68 Å². The zero-order chi connectivity index (χ0) is 24.3. The van der Waals surface area contributed by atoms with Crippen LogP contribution in [0, 0.1) is 6.92 Å². The first kappa shape index (κ1) is 23.5. The lowest BCUT2D eigenvalue weighted by atomic mass is 10.0. The first-order valence-corrected chi connectivity index (χ1v) is 11.5. The van der Waals surface area contributed by atoms with Crippen LogP contribution in [0.3, 0.4) is 0 Å². The Labute approximate surface area is 200 Å². The maximum Gasteiger partial charge on any atom is 0.410 e. The van der Waals surface area contributed by atoms with Gasteiger partial charge in [-0.05, 0) is 39.7 Å². The largest absolute Gasteiger partial charge is 0.444 e. The van der Waals surface area contributed by atoms with E-state index in [2.05, 4.69) is 10.3 Å². The molecule has 34 heavy (non-hydrogen) atoms. The minimum Gasteiger partial charge on any atom is -0.444 e. The van der Waals surface area contributed by atoms with E-state index in [-0.39, 0.29) is 18.2 Å². The molecule has 1 saturated heterocycles. The molecule has 8 nitrogen and oxygen atoms in total. The number of amides is 2. The van der Waals surface area contributed by atoms with Gasteiger partial charge in [0.25, 0.3) is 0 Å². The van der Waals surface area contributed by atoms with Gasteiger partial charge in [-0.3, -0.25) is 0 Å². The molecule has 0 N–H and O–H groups in total. The zero-order valence-corrected chi connectivity index (χ0v) is 20.1. The van der Waals surface area contributed by atoms with Gasteiger partial charge in [-0.15, -0.1) is 5.10 Å². The van der Waals surface area contributed by atoms with E-state index >= 15 is 0 Å². The fourth-order valence-electron chi connectivity index (χ4n) is 4.01. The van der Waals surface area contributed by atoms with Crippen LogP contribution in [0.25, 0.3) is 11.3 Å². The van der Waals surface area contributed by atoms with Crippen molar-refractivity contribution in [1.29, 1.82) is 0 Å². The third-order valence-electron chi connectivity index (χ3n) is 5.73. The maximum atomic E-state index is 13.5. The van der Waals surface area contributed by atoms with Crippen LogP contribution in [0.5, 0.6) is 0 Å². The number of aromatic nitrogens is 3. The summed E-state index contributed by atoms with van der Waals surface area (Å²) in [6, 6.07) is 17.4. The third kappa shape index (κ3) is 5.62. The number of piperazine rings is 1. The van der Waals surface area contributed by atoms with Crippen LogP contribution in [-0.4, -0.2) is 68.2 Å². The highest BCUT2D eigenvalue weighted by Crippen LogP contribution is 2.21. The molecule has 0 spiro atoms. The topological polar surface area (TPSA) is 80.6 Å². The second-order valence-electron chi connectivity index (χ2n) is 9.66. The average Bonchev–Trinajstić information content (AvgIpc) is 3.29. The summed E-state index contributed by atoms with van der Waals surface area (Å²) in [7, 11) is 0. The van der Waals surface area contributed by atoms with Crippen molar-refractivity contribution in [3.63, 3.8) is 0 Å². The summed E-state index contributed by atoms with van der Waals surface area (Å²) in [5, 5.41) is 8.31. The molecular formula is C26H31N5O3. The normalized spacial score (nSPS) is 16.4. The summed E-state index contributed by atoms with van der Waals surface area (Å²) in [4.78, 5) is 29.6. The average molecular weight is 462 g/mol. The molecule has 0 radical (unpaired) electrons. The van der Waals surface area contributed by atoms with Gasteiger partial charge in [0.2, 0.25) is 0 Å². The van der Waals surface area contributed by atoms with Crippen molar-refractivity contribution < 1.29 is 14.3 Å². The third-order valence-corrected chi connectivity index (χ3v) is 5.73. The van der Waals surface area contributed by atoms with Gasteiger partial charge in [-0.25, -0.2) is 9.59 Å². The predicted octanol–water partition coefficient (Wildman–Crippen LogP) is 4.39. The van der Waals surface area contributed by atoms with Crippen LogP contribution < -0.4 is 0 Å². The molecule has 1 fully saturated rings. The Bertz CT molecular complexity index is 1140. The van der Waals surface area contributed by atoms with Gasteiger partial charge < -0.3 is 14.5 Å². The lowest BCUT2D eigenvalue weighted by Gasteiger charge is -2.41. The van der Waals surface area contributed by atoms with Crippen LogP contribution in [0.1, 0.15) is 31.9 Å². The number of ether oxygens (including phenoxy) is 1. The van der Waals surface area contributed by atoms with Crippen LogP contribution in [0.15, 0.2) is 60.8 Å². The summed E-state index contributed by atoms with van der Waals surface area (Å²) < 4.78 is 6.86. The van der Waals surface area contributed by atoms with Gasteiger partial charge in [0, 0.05) is 25.2 Å². The quantitative estimate of drug-likeness (QED) is 0.578. The minimum atomic E-state index is -0.577. The second kappa shape index (κ2) is 9.67. The van der Waals surface area contributed by atoms with Crippen molar-refractivity contribution in [3.05, 3.63) is 71.9 Å².